The third-order valence-electron chi connectivity index (χ3n) is 5.89. The molecule has 4 heteroatoms. The van der Waals surface area contributed by atoms with E-state index in [1.165, 1.54) is 7.11 Å². The van der Waals surface area contributed by atoms with Crippen molar-refractivity contribution in [3.05, 3.63) is 12.2 Å². The monoisotopic (exact) mass is 294 g/mol. The van der Waals surface area contributed by atoms with E-state index in [-0.39, 0.29) is 22.7 Å². The highest BCUT2D eigenvalue weighted by Gasteiger charge is 2.64. The molecule has 0 amide bonds. The molecule has 0 bridgehead atoms. The van der Waals surface area contributed by atoms with Crippen LogP contribution in [-0.2, 0) is 19.0 Å². The van der Waals surface area contributed by atoms with Gasteiger partial charge in [-0.2, -0.15) is 0 Å². The fourth-order valence-electron chi connectivity index (χ4n) is 5.09. The highest BCUT2D eigenvalue weighted by molar-refractivity contribution is 5.75. The summed E-state index contributed by atoms with van der Waals surface area (Å²) >= 11 is 0. The van der Waals surface area contributed by atoms with Crippen LogP contribution in [0.1, 0.15) is 40.0 Å². The SMILES string of the molecule is COC(=O)[C@@H]1C2(CC[C@@H]3C(C)(C)C=CC[C@]31C)OCCO2. The second-order valence-corrected chi connectivity index (χ2v) is 7.49. The molecule has 4 nitrogen and oxygen atoms in total. The molecule has 0 aromatic carbocycles. The number of fused-ring (bicyclic) bond motifs is 1. The molecule has 3 atom stereocenters. The van der Waals surface area contributed by atoms with Crippen LogP contribution in [0.2, 0.25) is 0 Å². The van der Waals surface area contributed by atoms with E-state index in [1.807, 2.05) is 0 Å². The normalized spacial score (nSPS) is 40.0. The molecule has 2 fully saturated rings. The summed E-state index contributed by atoms with van der Waals surface area (Å²) in [6, 6.07) is 0. The summed E-state index contributed by atoms with van der Waals surface area (Å²) in [6.45, 7) is 7.85. The third-order valence-corrected chi connectivity index (χ3v) is 5.89. The zero-order valence-electron chi connectivity index (χ0n) is 13.5. The second-order valence-electron chi connectivity index (χ2n) is 7.49. The van der Waals surface area contributed by atoms with Crippen LogP contribution in [0.4, 0.5) is 0 Å². The van der Waals surface area contributed by atoms with Gasteiger partial charge in [-0.25, -0.2) is 0 Å². The molecule has 1 heterocycles. The number of hydrogen-bond acceptors (Lipinski definition) is 4. The second kappa shape index (κ2) is 4.82. The van der Waals surface area contributed by atoms with Crippen molar-refractivity contribution in [1.82, 2.24) is 0 Å². The topological polar surface area (TPSA) is 44.8 Å². The smallest absolute Gasteiger partial charge is 0.314 e. The zero-order valence-corrected chi connectivity index (χ0v) is 13.5. The fraction of sp³-hybridized carbons (Fsp3) is 0.824. The first-order chi connectivity index (χ1) is 9.86. The van der Waals surface area contributed by atoms with Gasteiger partial charge in [-0.15, -0.1) is 0 Å². The third kappa shape index (κ3) is 2.07. The predicted molar refractivity (Wildman–Crippen MR) is 78.5 cm³/mol. The number of rotatable bonds is 1. The quantitative estimate of drug-likeness (QED) is 0.551. The summed E-state index contributed by atoms with van der Waals surface area (Å²) in [5, 5.41) is 0. The van der Waals surface area contributed by atoms with E-state index in [4.69, 9.17) is 14.2 Å². The molecule has 0 unspecified atom stereocenters. The molecule has 2 aliphatic carbocycles. The number of ether oxygens (including phenoxy) is 3. The number of hydrogen-bond donors (Lipinski definition) is 0. The Bertz CT molecular complexity index is 461. The molecule has 118 valence electrons. The molecular formula is C17H26O4. The van der Waals surface area contributed by atoms with Crippen LogP contribution in [-0.4, -0.2) is 32.1 Å². The van der Waals surface area contributed by atoms with E-state index in [2.05, 4.69) is 32.9 Å². The lowest BCUT2D eigenvalue weighted by Crippen LogP contribution is -2.61. The van der Waals surface area contributed by atoms with Gasteiger partial charge in [-0.05, 0) is 29.6 Å². The number of carbonyl (C=O) groups excluding carboxylic acids is 1. The maximum Gasteiger partial charge on any atom is 0.314 e. The lowest BCUT2D eigenvalue weighted by Gasteiger charge is -2.58. The van der Waals surface area contributed by atoms with Crippen LogP contribution in [0.15, 0.2) is 12.2 Å². The van der Waals surface area contributed by atoms with E-state index < -0.39 is 5.79 Å². The Kier molecular flexibility index (Phi) is 3.45. The van der Waals surface area contributed by atoms with Gasteiger partial charge in [0, 0.05) is 6.42 Å². The van der Waals surface area contributed by atoms with Crippen molar-refractivity contribution in [1.29, 1.82) is 0 Å². The maximum absolute atomic E-state index is 12.6. The van der Waals surface area contributed by atoms with Crippen molar-refractivity contribution in [3.63, 3.8) is 0 Å². The molecule has 1 aliphatic heterocycles. The minimum absolute atomic E-state index is 0.0828. The van der Waals surface area contributed by atoms with Gasteiger partial charge in [0.1, 0.15) is 5.92 Å². The van der Waals surface area contributed by atoms with E-state index in [1.54, 1.807) is 0 Å². The van der Waals surface area contributed by atoms with Gasteiger partial charge in [0.2, 0.25) is 0 Å². The van der Waals surface area contributed by atoms with Gasteiger partial charge in [0.25, 0.3) is 0 Å². The van der Waals surface area contributed by atoms with E-state index in [0.717, 1.165) is 19.3 Å². The van der Waals surface area contributed by atoms with Gasteiger partial charge in [-0.3, -0.25) is 4.79 Å². The van der Waals surface area contributed by atoms with Crippen LogP contribution >= 0.6 is 0 Å². The first-order valence-corrected chi connectivity index (χ1v) is 7.89. The molecule has 0 N–H and O–H groups in total. The number of carbonyl (C=O) groups is 1. The lowest BCUT2D eigenvalue weighted by molar-refractivity contribution is -0.263. The molecule has 0 aromatic heterocycles. The van der Waals surface area contributed by atoms with Crippen molar-refractivity contribution in [2.75, 3.05) is 20.3 Å². The van der Waals surface area contributed by atoms with Gasteiger partial charge in [-0.1, -0.05) is 32.9 Å². The van der Waals surface area contributed by atoms with Crippen LogP contribution in [0, 0.1) is 22.7 Å². The Labute approximate surface area is 126 Å². The molecule has 1 spiro atoms. The molecule has 0 aromatic rings. The fourth-order valence-corrected chi connectivity index (χ4v) is 5.09. The van der Waals surface area contributed by atoms with Gasteiger partial charge >= 0.3 is 5.97 Å². The van der Waals surface area contributed by atoms with Crippen molar-refractivity contribution in [2.24, 2.45) is 22.7 Å². The van der Waals surface area contributed by atoms with E-state index in [9.17, 15) is 4.79 Å². The molecular weight excluding hydrogens is 268 g/mol. The van der Waals surface area contributed by atoms with Crippen LogP contribution in [0.25, 0.3) is 0 Å². The Balaban J connectivity index is 2.06. The Morgan fingerprint density at radius 3 is 2.52 bits per heavy atom. The van der Waals surface area contributed by atoms with Crippen LogP contribution in [0.3, 0.4) is 0 Å². The lowest BCUT2D eigenvalue weighted by atomic mass is 9.49. The standard InChI is InChI=1S/C17H26O4/c1-15(2)7-5-8-16(3)12(15)6-9-17(20-10-11-21-17)13(16)14(18)19-4/h5,7,12-13H,6,8-11H2,1-4H3/t12-,13+,16-/m1/s1. The maximum atomic E-state index is 12.6. The zero-order chi connectivity index (χ0) is 15.3. The number of allylic oxidation sites excluding steroid dienone is 2. The van der Waals surface area contributed by atoms with Crippen LogP contribution in [0.5, 0.6) is 0 Å². The molecule has 1 saturated carbocycles. The Morgan fingerprint density at radius 2 is 1.90 bits per heavy atom. The summed E-state index contributed by atoms with van der Waals surface area (Å²) < 4.78 is 17.0. The largest absolute Gasteiger partial charge is 0.469 e. The molecule has 1 saturated heterocycles. The van der Waals surface area contributed by atoms with Gasteiger partial charge in [0.15, 0.2) is 5.79 Å². The molecule has 3 rings (SSSR count). The number of esters is 1. The summed E-state index contributed by atoms with van der Waals surface area (Å²) in [6.07, 6.45) is 7.16. The summed E-state index contributed by atoms with van der Waals surface area (Å²) in [5.74, 6) is -0.909. The van der Waals surface area contributed by atoms with Crippen molar-refractivity contribution in [2.45, 2.75) is 45.8 Å². The molecule has 0 radical (unpaired) electrons. The highest BCUT2D eigenvalue weighted by Crippen LogP contribution is 2.61. The minimum atomic E-state index is -0.778. The predicted octanol–water partition coefficient (Wildman–Crippen LogP) is 2.92. The van der Waals surface area contributed by atoms with Gasteiger partial charge in [0.05, 0.1) is 20.3 Å². The first kappa shape index (κ1) is 15.0. The van der Waals surface area contributed by atoms with Crippen molar-refractivity contribution < 1.29 is 19.0 Å². The molecule has 21 heavy (non-hydrogen) atoms. The first-order valence-electron chi connectivity index (χ1n) is 7.89. The Morgan fingerprint density at radius 1 is 1.24 bits per heavy atom. The van der Waals surface area contributed by atoms with Crippen molar-refractivity contribution >= 4 is 5.97 Å². The highest BCUT2D eigenvalue weighted by atomic mass is 16.7. The average Bonchev–Trinajstić information content (AvgIpc) is 2.85. The average molecular weight is 294 g/mol. The van der Waals surface area contributed by atoms with Crippen molar-refractivity contribution in [3.8, 4) is 0 Å². The summed E-state index contributed by atoms with van der Waals surface area (Å²) in [7, 11) is 1.46. The van der Waals surface area contributed by atoms with E-state index in [0.29, 0.717) is 19.1 Å². The van der Waals surface area contributed by atoms with Crippen LogP contribution < -0.4 is 0 Å². The molecule has 3 aliphatic rings. The Hall–Kier alpha value is -0.870. The summed E-state index contributed by atoms with van der Waals surface area (Å²) in [5.41, 5.74) is -0.104. The van der Waals surface area contributed by atoms with E-state index >= 15 is 0 Å². The minimum Gasteiger partial charge on any atom is -0.469 e. The number of methoxy groups -OCH3 is 1. The van der Waals surface area contributed by atoms with Gasteiger partial charge < -0.3 is 14.2 Å². The summed E-state index contributed by atoms with van der Waals surface area (Å²) in [4.78, 5) is 12.6.